The fourth-order valence-corrected chi connectivity index (χ4v) is 0.608. The Labute approximate surface area is 86.1 Å². The third-order valence-electron chi connectivity index (χ3n) is 1.11. The molecule has 0 aliphatic rings. The third-order valence-corrected chi connectivity index (χ3v) is 1.11. The van der Waals surface area contributed by atoms with Crippen molar-refractivity contribution >= 4 is 10.1 Å². The van der Waals surface area contributed by atoms with E-state index in [1.54, 1.807) is 0 Å². The Bertz CT molecular complexity index is 250. The van der Waals surface area contributed by atoms with Crippen molar-refractivity contribution < 1.29 is 18.1 Å². The summed E-state index contributed by atoms with van der Waals surface area (Å²) in [6.07, 6.45) is 5.31. The molecule has 0 heterocycles. The van der Waals surface area contributed by atoms with Gasteiger partial charge in [0.15, 0.2) is 0 Å². The van der Waals surface area contributed by atoms with Crippen LogP contribution in [0.2, 0.25) is 0 Å². The van der Waals surface area contributed by atoms with Gasteiger partial charge in [-0.1, -0.05) is 25.7 Å². The lowest BCUT2D eigenvalue weighted by Gasteiger charge is -1.87. The quantitative estimate of drug-likeness (QED) is 0.425. The molecular formula is C9H18O4S. The van der Waals surface area contributed by atoms with E-state index in [9.17, 15) is 8.42 Å². The molecule has 0 aromatic carbocycles. The first-order valence-electron chi connectivity index (χ1n) is 4.40. The first-order chi connectivity index (χ1) is 6.41. The number of rotatable bonds is 3. The SMILES string of the molecule is CCCCCC#CCO.CS(=O)(=O)O. The van der Waals surface area contributed by atoms with Gasteiger partial charge in [-0.15, -0.1) is 5.92 Å². The molecule has 0 spiro atoms. The van der Waals surface area contributed by atoms with E-state index in [1.807, 2.05) is 0 Å². The number of aliphatic hydroxyl groups is 1. The zero-order valence-electron chi connectivity index (χ0n) is 8.65. The Hall–Kier alpha value is -0.570. The number of hydrogen-bond acceptors (Lipinski definition) is 3. The van der Waals surface area contributed by atoms with Crippen molar-refractivity contribution in [2.75, 3.05) is 12.9 Å². The Morgan fingerprint density at radius 3 is 2.07 bits per heavy atom. The Morgan fingerprint density at radius 1 is 1.21 bits per heavy atom. The minimum atomic E-state index is -3.67. The fourth-order valence-electron chi connectivity index (χ4n) is 0.608. The van der Waals surface area contributed by atoms with E-state index < -0.39 is 10.1 Å². The summed E-state index contributed by atoms with van der Waals surface area (Å²) in [4.78, 5) is 0. The van der Waals surface area contributed by atoms with Crippen LogP contribution in [0.5, 0.6) is 0 Å². The summed E-state index contributed by atoms with van der Waals surface area (Å²) in [6.45, 7) is 2.17. The van der Waals surface area contributed by atoms with Crippen molar-refractivity contribution in [2.45, 2.75) is 32.6 Å². The molecule has 0 bridgehead atoms. The molecule has 0 amide bonds. The predicted molar refractivity (Wildman–Crippen MR) is 56.5 cm³/mol. The van der Waals surface area contributed by atoms with Crippen LogP contribution in [0.3, 0.4) is 0 Å². The van der Waals surface area contributed by atoms with Gasteiger partial charge in [-0.25, -0.2) is 0 Å². The highest BCUT2D eigenvalue weighted by Gasteiger charge is 1.81. The second-order valence-electron chi connectivity index (χ2n) is 2.70. The molecule has 0 aliphatic carbocycles. The molecule has 0 radical (unpaired) electrons. The largest absolute Gasteiger partial charge is 0.384 e. The van der Waals surface area contributed by atoms with Crippen molar-refractivity contribution in [3.63, 3.8) is 0 Å². The summed E-state index contributed by atoms with van der Waals surface area (Å²) < 4.78 is 25.9. The van der Waals surface area contributed by atoms with Crippen LogP contribution < -0.4 is 0 Å². The van der Waals surface area contributed by atoms with Crippen LogP contribution in [0.4, 0.5) is 0 Å². The first-order valence-corrected chi connectivity index (χ1v) is 6.25. The maximum absolute atomic E-state index is 9.19. The van der Waals surface area contributed by atoms with Crippen molar-refractivity contribution in [1.29, 1.82) is 0 Å². The van der Waals surface area contributed by atoms with Crippen LogP contribution >= 0.6 is 0 Å². The minimum absolute atomic E-state index is 0.00608. The monoisotopic (exact) mass is 222 g/mol. The van der Waals surface area contributed by atoms with Gasteiger partial charge in [0.2, 0.25) is 0 Å². The van der Waals surface area contributed by atoms with Crippen LogP contribution in [-0.4, -0.2) is 30.9 Å². The van der Waals surface area contributed by atoms with Crippen molar-refractivity contribution in [3.05, 3.63) is 0 Å². The average molecular weight is 222 g/mol. The van der Waals surface area contributed by atoms with E-state index >= 15 is 0 Å². The standard InChI is InChI=1S/C8H14O.CH4O3S/c1-2-3-4-5-6-7-8-9;1-5(2,3)4/h9H,2-5,8H2,1H3;1H3,(H,2,3,4). The molecule has 0 saturated heterocycles. The lowest BCUT2D eigenvalue weighted by molar-refractivity contribution is 0.350. The van der Waals surface area contributed by atoms with Crippen molar-refractivity contribution in [1.82, 2.24) is 0 Å². The Morgan fingerprint density at radius 2 is 1.71 bits per heavy atom. The Kier molecular flexibility index (Phi) is 11.9. The summed E-state index contributed by atoms with van der Waals surface area (Å²) in [6, 6.07) is 0. The summed E-state index contributed by atoms with van der Waals surface area (Å²) in [7, 11) is -3.67. The highest BCUT2D eigenvalue weighted by Crippen LogP contribution is 1.96. The highest BCUT2D eigenvalue weighted by atomic mass is 32.2. The molecule has 0 aromatic rings. The maximum Gasteiger partial charge on any atom is 0.261 e. The van der Waals surface area contributed by atoms with Gasteiger partial charge in [-0.3, -0.25) is 4.55 Å². The van der Waals surface area contributed by atoms with E-state index in [1.165, 1.54) is 19.3 Å². The van der Waals surface area contributed by atoms with Gasteiger partial charge in [-0.05, 0) is 6.42 Å². The van der Waals surface area contributed by atoms with Gasteiger partial charge in [-0.2, -0.15) is 8.42 Å². The van der Waals surface area contributed by atoms with Gasteiger partial charge in [0.25, 0.3) is 10.1 Å². The second kappa shape index (κ2) is 10.5. The van der Waals surface area contributed by atoms with Gasteiger partial charge in [0, 0.05) is 6.42 Å². The van der Waals surface area contributed by atoms with Crippen molar-refractivity contribution in [2.24, 2.45) is 0 Å². The lowest BCUT2D eigenvalue weighted by Crippen LogP contribution is -1.88. The van der Waals surface area contributed by atoms with E-state index in [0.29, 0.717) is 6.26 Å². The molecule has 0 aromatic heterocycles. The normalized spacial score (nSPS) is 9.43. The lowest BCUT2D eigenvalue weighted by atomic mass is 10.2. The summed E-state index contributed by atoms with van der Waals surface area (Å²) in [5.74, 6) is 5.48. The second-order valence-corrected chi connectivity index (χ2v) is 4.17. The predicted octanol–water partition coefficient (Wildman–Crippen LogP) is 1.07. The van der Waals surface area contributed by atoms with Gasteiger partial charge in [0.05, 0.1) is 6.26 Å². The van der Waals surface area contributed by atoms with Crippen LogP contribution in [0.15, 0.2) is 0 Å². The van der Waals surface area contributed by atoms with Gasteiger partial charge >= 0.3 is 0 Å². The molecular weight excluding hydrogens is 204 g/mol. The first kappa shape index (κ1) is 15.9. The molecule has 4 nitrogen and oxygen atoms in total. The minimum Gasteiger partial charge on any atom is -0.384 e. The van der Waals surface area contributed by atoms with E-state index in [0.717, 1.165) is 6.42 Å². The number of aliphatic hydroxyl groups excluding tert-OH is 1. The Balaban J connectivity index is 0. The van der Waals surface area contributed by atoms with Crippen LogP contribution in [0.25, 0.3) is 0 Å². The highest BCUT2D eigenvalue weighted by molar-refractivity contribution is 7.85. The topological polar surface area (TPSA) is 74.6 Å². The van der Waals surface area contributed by atoms with Crippen LogP contribution in [-0.2, 0) is 10.1 Å². The summed E-state index contributed by atoms with van der Waals surface area (Å²) >= 11 is 0. The maximum atomic E-state index is 9.19. The molecule has 0 saturated carbocycles. The molecule has 2 N–H and O–H groups in total. The number of unbranched alkanes of at least 4 members (excludes halogenated alkanes) is 3. The van der Waals surface area contributed by atoms with Gasteiger partial charge in [0.1, 0.15) is 6.61 Å². The third kappa shape index (κ3) is 42.2. The summed E-state index contributed by atoms with van der Waals surface area (Å²) in [5, 5.41) is 8.25. The van der Waals surface area contributed by atoms with Crippen LogP contribution in [0.1, 0.15) is 32.6 Å². The van der Waals surface area contributed by atoms with E-state index in [4.69, 9.17) is 9.66 Å². The van der Waals surface area contributed by atoms with Crippen molar-refractivity contribution in [3.8, 4) is 11.8 Å². The smallest absolute Gasteiger partial charge is 0.261 e. The zero-order chi connectivity index (χ0) is 11.4. The molecule has 84 valence electrons. The summed E-state index contributed by atoms with van der Waals surface area (Å²) in [5.41, 5.74) is 0. The molecule has 5 heteroatoms. The molecule has 0 unspecified atom stereocenters. The van der Waals surface area contributed by atoms with Gasteiger partial charge < -0.3 is 5.11 Å². The fraction of sp³-hybridized carbons (Fsp3) is 0.778. The molecule has 0 fully saturated rings. The van der Waals surface area contributed by atoms with Crippen LogP contribution in [0, 0.1) is 11.8 Å². The number of hydrogen-bond donors (Lipinski definition) is 2. The average Bonchev–Trinajstić information content (AvgIpc) is 2.01. The zero-order valence-corrected chi connectivity index (χ0v) is 9.47. The molecule has 0 atom stereocenters. The van der Waals surface area contributed by atoms with E-state index in [-0.39, 0.29) is 6.61 Å². The molecule has 14 heavy (non-hydrogen) atoms. The molecule has 0 aliphatic heterocycles. The molecule has 0 rings (SSSR count). The van der Waals surface area contributed by atoms with E-state index in [2.05, 4.69) is 18.8 Å².